The fourth-order valence-corrected chi connectivity index (χ4v) is 1.71. The number of carbonyl (C=O) groups excluding carboxylic acids is 1. The number of aryl methyl sites for hydroxylation is 1. The van der Waals surface area contributed by atoms with Crippen LogP contribution in [0.25, 0.3) is 0 Å². The minimum absolute atomic E-state index is 0.0701. The summed E-state index contributed by atoms with van der Waals surface area (Å²) in [6.07, 6.45) is 1.76. The van der Waals surface area contributed by atoms with Crippen LogP contribution >= 0.6 is 0 Å². The van der Waals surface area contributed by atoms with E-state index in [1.807, 2.05) is 6.92 Å². The Bertz CT molecular complexity index is 403. The predicted octanol–water partition coefficient (Wildman–Crippen LogP) is 0.672. The number of aliphatic hydroxyl groups excluding tert-OH is 1. The Morgan fingerprint density at radius 3 is 2.84 bits per heavy atom. The van der Waals surface area contributed by atoms with Crippen molar-refractivity contribution in [3.63, 3.8) is 0 Å². The van der Waals surface area contributed by atoms with Gasteiger partial charge in [-0.1, -0.05) is 6.92 Å². The van der Waals surface area contributed by atoms with Gasteiger partial charge in [-0.25, -0.2) is 4.98 Å². The van der Waals surface area contributed by atoms with E-state index in [4.69, 9.17) is 9.47 Å². The molecular formula is C13H22N2O4. The molecule has 0 aliphatic rings. The SMILES string of the molecule is CCc1nc(C(C)=O)cn1CC(O)COCCOC. The summed E-state index contributed by atoms with van der Waals surface area (Å²) in [5, 5.41) is 9.87. The van der Waals surface area contributed by atoms with Gasteiger partial charge in [0.1, 0.15) is 11.5 Å². The molecule has 1 unspecified atom stereocenters. The van der Waals surface area contributed by atoms with Crippen molar-refractivity contribution < 1.29 is 19.4 Å². The summed E-state index contributed by atoms with van der Waals surface area (Å²) >= 11 is 0. The summed E-state index contributed by atoms with van der Waals surface area (Å²) in [6.45, 7) is 5.01. The van der Waals surface area contributed by atoms with E-state index < -0.39 is 6.10 Å². The predicted molar refractivity (Wildman–Crippen MR) is 70.3 cm³/mol. The average Bonchev–Trinajstić information content (AvgIpc) is 2.78. The van der Waals surface area contributed by atoms with Gasteiger partial charge in [0.2, 0.25) is 0 Å². The molecule has 0 bridgehead atoms. The zero-order valence-electron chi connectivity index (χ0n) is 11.8. The molecule has 0 aromatic carbocycles. The maximum atomic E-state index is 11.3. The molecule has 6 heteroatoms. The van der Waals surface area contributed by atoms with Gasteiger partial charge < -0.3 is 19.1 Å². The maximum Gasteiger partial charge on any atom is 0.179 e. The number of Topliss-reactive ketones (excluding diaryl/α,β-unsaturated/α-hetero) is 1. The van der Waals surface area contributed by atoms with Gasteiger partial charge in [0, 0.05) is 26.7 Å². The molecule has 1 heterocycles. The Kier molecular flexibility index (Phi) is 6.69. The minimum Gasteiger partial charge on any atom is -0.389 e. The second kappa shape index (κ2) is 8.04. The first-order valence-corrected chi connectivity index (χ1v) is 6.40. The average molecular weight is 270 g/mol. The van der Waals surface area contributed by atoms with Crippen molar-refractivity contribution in [2.24, 2.45) is 0 Å². The number of nitrogens with zero attached hydrogens (tertiary/aromatic N) is 2. The van der Waals surface area contributed by atoms with E-state index in [0.29, 0.717) is 31.9 Å². The van der Waals surface area contributed by atoms with Gasteiger partial charge in [-0.2, -0.15) is 0 Å². The highest BCUT2D eigenvalue weighted by Crippen LogP contribution is 2.07. The molecule has 0 spiro atoms. The molecule has 108 valence electrons. The molecule has 0 saturated heterocycles. The molecule has 0 radical (unpaired) electrons. The lowest BCUT2D eigenvalue weighted by molar-refractivity contribution is 0.00695. The van der Waals surface area contributed by atoms with Gasteiger partial charge >= 0.3 is 0 Å². The van der Waals surface area contributed by atoms with Crippen molar-refractivity contribution >= 4 is 5.78 Å². The van der Waals surface area contributed by atoms with Crippen LogP contribution in [0.5, 0.6) is 0 Å². The quantitative estimate of drug-likeness (QED) is 0.527. The number of ether oxygens (including phenoxy) is 2. The molecule has 6 nitrogen and oxygen atoms in total. The minimum atomic E-state index is -0.629. The number of aliphatic hydroxyl groups is 1. The third-order valence-corrected chi connectivity index (χ3v) is 2.69. The van der Waals surface area contributed by atoms with Crippen molar-refractivity contribution in [2.75, 3.05) is 26.9 Å². The van der Waals surface area contributed by atoms with Crippen molar-refractivity contribution in [2.45, 2.75) is 32.9 Å². The van der Waals surface area contributed by atoms with Crippen LogP contribution in [-0.4, -0.2) is 53.5 Å². The van der Waals surface area contributed by atoms with E-state index >= 15 is 0 Å². The number of carbonyl (C=O) groups is 1. The van der Waals surface area contributed by atoms with Crippen LogP contribution in [0.1, 0.15) is 30.2 Å². The summed E-state index contributed by atoms with van der Waals surface area (Å²) in [6, 6.07) is 0. The van der Waals surface area contributed by atoms with E-state index in [2.05, 4.69) is 4.98 Å². The third-order valence-electron chi connectivity index (χ3n) is 2.69. The van der Waals surface area contributed by atoms with Crippen molar-refractivity contribution in [1.82, 2.24) is 9.55 Å². The van der Waals surface area contributed by atoms with Crippen LogP contribution < -0.4 is 0 Å². The first kappa shape index (κ1) is 15.8. The van der Waals surface area contributed by atoms with Crippen molar-refractivity contribution in [1.29, 1.82) is 0 Å². The Hall–Kier alpha value is -1.24. The second-order valence-electron chi connectivity index (χ2n) is 4.33. The normalized spacial score (nSPS) is 12.6. The molecule has 1 atom stereocenters. The Balaban J connectivity index is 2.53. The molecule has 19 heavy (non-hydrogen) atoms. The van der Waals surface area contributed by atoms with Gasteiger partial charge in [0.05, 0.1) is 32.5 Å². The third kappa shape index (κ3) is 5.10. The largest absolute Gasteiger partial charge is 0.389 e. The Labute approximate surface area is 113 Å². The van der Waals surface area contributed by atoms with Gasteiger partial charge in [-0.05, 0) is 0 Å². The van der Waals surface area contributed by atoms with Crippen LogP contribution in [0.3, 0.4) is 0 Å². The highest BCUT2D eigenvalue weighted by molar-refractivity contribution is 5.91. The lowest BCUT2D eigenvalue weighted by Gasteiger charge is -2.13. The molecule has 1 N–H and O–H groups in total. The molecule has 1 rings (SSSR count). The smallest absolute Gasteiger partial charge is 0.179 e. The van der Waals surface area contributed by atoms with Crippen molar-refractivity contribution in [3.8, 4) is 0 Å². The van der Waals surface area contributed by atoms with Gasteiger partial charge in [0.25, 0.3) is 0 Å². The molecule has 0 aliphatic carbocycles. The number of methoxy groups -OCH3 is 1. The summed E-state index contributed by atoms with van der Waals surface area (Å²) < 4.78 is 11.9. The number of aromatic nitrogens is 2. The van der Waals surface area contributed by atoms with E-state index in [9.17, 15) is 9.90 Å². The van der Waals surface area contributed by atoms with Crippen LogP contribution in [-0.2, 0) is 22.4 Å². The second-order valence-corrected chi connectivity index (χ2v) is 4.33. The summed E-state index contributed by atoms with van der Waals surface area (Å²) in [4.78, 5) is 15.5. The zero-order valence-corrected chi connectivity index (χ0v) is 11.8. The monoisotopic (exact) mass is 270 g/mol. The number of hydrogen-bond acceptors (Lipinski definition) is 5. The zero-order chi connectivity index (χ0) is 14.3. The van der Waals surface area contributed by atoms with Crippen LogP contribution in [0, 0.1) is 0 Å². The van der Waals surface area contributed by atoms with Crippen LogP contribution in [0.15, 0.2) is 6.20 Å². The molecule has 0 fully saturated rings. The molecule has 1 aromatic rings. The van der Waals surface area contributed by atoms with Crippen LogP contribution in [0.2, 0.25) is 0 Å². The maximum absolute atomic E-state index is 11.3. The fourth-order valence-electron chi connectivity index (χ4n) is 1.71. The van der Waals surface area contributed by atoms with Gasteiger partial charge in [0.15, 0.2) is 5.78 Å². The first-order valence-electron chi connectivity index (χ1n) is 6.40. The number of imidazole rings is 1. The summed E-state index contributed by atoms with van der Waals surface area (Å²) in [7, 11) is 1.60. The summed E-state index contributed by atoms with van der Waals surface area (Å²) in [5.74, 6) is 0.723. The molecule has 0 saturated carbocycles. The molecular weight excluding hydrogens is 248 g/mol. The first-order chi connectivity index (χ1) is 9.08. The number of hydrogen-bond donors (Lipinski definition) is 1. The standard InChI is InChI=1S/C13H22N2O4/c1-4-13-14-12(10(2)16)8-15(13)7-11(17)9-19-6-5-18-3/h8,11,17H,4-7,9H2,1-3H3. The Morgan fingerprint density at radius 1 is 1.53 bits per heavy atom. The Morgan fingerprint density at radius 2 is 2.26 bits per heavy atom. The van der Waals surface area contributed by atoms with Gasteiger partial charge in [-0.15, -0.1) is 0 Å². The topological polar surface area (TPSA) is 73.6 Å². The molecule has 1 aromatic heterocycles. The highest BCUT2D eigenvalue weighted by atomic mass is 16.5. The lowest BCUT2D eigenvalue weighted by Crippen LogP contribution is -2.23. The molecule has 0 aliphatic heterocycles. The van der Waals surface area contributed by atoms with E-state index in [1.54, 1.807) is 17.9 Å². The summed E-state index contributed by atoms with van der Waals surface area (Å²) in [5.41, 5.74) is 0.435. The van der Waals surface area contributed by atoms with E-state index in [0.717, 1.165) is 5.82 Å². The number of ketones is 1. The highest BCUT2D eigenvalue weighted by Gasteiger charge is 2.13. The van der Waals surface area contributed by atoms with Crippen LogP contribution in [0.4, 0.5) is 0 Å². The van der Waals surface area contributed by atoms with E-state index in [-0.39, 0.29) is 12.4 Å². The molecule has 0 amide bonds. The lowest BCUT2D eigenvalue weighted by atomic mass is 10.3. The van der Waals surface area contributed by atoms with E-state index in [1.165, 1.54) is 6.92 Å². The van der Waals surface area contributed by atoms with Crippen molar-refractivity contribution in [3.05, 3.63) is 17.7 Å². The van der Waals surface area contributed by atoms with Gasteiger partial charge in [-0.3, -0.25) is 4.79 Å². The fraction of sp³-hybridized carbons (Fsp3) is 0.692. The number of rotatable bonds is 9.